The van der Waals surface area contributed by atoms with Gasteiger partial charge in [0.1, 0.15) is 5.69 Å². The molecule has 2 aromatic carbocycles. The SMILES string of the molecule is CN1CC(=O)N(C)c2cnc(Nc3ccc(NC(=O)NCc4ccccc4)cc3)nc21. The summed E-state index contributed by atoms with van der Waals surface area (Å²) in [4.78, 5) is 36.2. The van der Waals surface area contributed by atoms with Crippen LogP contribution in [0.1, 0.15) is 5.56 Å². The van der Waals surface area contributed by atoms with Crippen LogP contribution >= 0.6 is 0 Å². The van der Waals surface area contributed by atoms with E-state index < -0.39 is 0 Å². The average Bonchev–Trinajstić information content (AvgIpc) is 2.78. The third kappa shape index (κ3) is 4.72. The van der Waals surface area contributed by atoms with Crippen LogP contribution in [0.4, 0.5) is 33.6 Å². The number of carbonyl (C=O) groups excluding carboxylic acids is 2. The number of fused-ring (bicyclic) bond motifs is 1. The molecule has 0 spiro atoms. The van der Waals surface area contributed by atoms with Gasteiger partial charge in [0.2, 0.25) is 11.9 Å². The lowest BCUT2D eigenvalue weighted by Crippen LogP contribution is -2.42. The summed E-state index contributed by atoms with van der Waals surface area (Å²) in [5.41, 5.74) is 3.15. The van der Waals surface area contributed by atoms with Crippen LogP contribution in [0.5, 0.6) is 0 Å². The minimum Gasteiger partial charge on any atom is -0.348 e. The molecule has 1 aliphatic heterocycles. The molecule has 2 heterocycles. The Hall–Kier alpha value is -4.14. The lowest BCUT2D eigenvalue weighted by molar-refractivity contribution is -0.117. The van der Waals surface area contributed by atoms with Crippen molar-refractivity contribution < 1.29 is 9.59 Å². The van der Waals surface area contributed by atoms with Gasteiger partial charge in [0, 0.05) is 32.0 Å². The summed E-state index contributed by atoms with van der Waals surface area (Å²) in [5.74, 6) is 1.11. The third-order valence-electron chi connectivity index (χ3n) is 4.91. The van der Waals surface area contributed by atoms with E-state index in [2.05, 4.69) is 25.9 Å². The number of nitrogens with zero attached hydrogens (tertiary/aromatic N) is 4. The Labute approximate surface area is 180 Å². The Morgan fingerprint density at radius 2 is 1.74 bits per heavy atom. The van der Waals surface area contributed by atoms with Crippen molar-refractivity contribution in [2.45, 2.75) is 6.54 Å². The van der Waals surface area contributed by atoms with Crippen LogP contribution in [0, 0.1) is 0 Å². The minimum atomic E-state index is -0.274. The van der Waals surface area contributed by atoms with E-state index in [-0.39, 0.29) is 18.5 Å². The number of amides is 3. The lowest BCUT2D eigenvalue weighted by atomic mass is 10.2. The maximum absolute atomic E-state index is 12.1. The van der Waals surface area contributed by atoms with Crippen LogP contribution < -0.4 is 25.8 Å². The van der Waals surface area contributed by atoms with Gasteiger partial charge < -0.3 is 25.8 Å². The Bertz CT molecular complexity index is 1090. The highest BCUT2D eigenvalue weighted by atomic mass is 16.2. The van der Waals surface area contributed by atoms with Crippen molar-refractivity contribution in [1.82, 2.24) is 15.3 Å². The molecule has 0 saturated carbocycles. The van der Waals surface area contributed by atoms with Crippen molar-refractivity contribution in [3.8, 4) is 0 Å². The van der Waals surface area contributed by atoms with Gasteiger partial charge in [0.25, 0.3) is 0 Å². The summed E-state index contributed by atoms with van der Waals surface area (Å²) in [7, 11) is 3.54. The highest BCUT2D eigenvalue weighted by Gasteiger charge is 2.26. The third-order valence-corrected chi connectivity index (χ3v) is 4.91. The van der Waals surface area contributed by atoms with Gasteiger partial charge in [0.05, 0.1) is 12.7 Å². The van der Waals surface area contributed by atoms with Gasteiger partial charge in [-0.3, -0.25) is 4.79 Å². The summed E-state index contributed by atoms with van der Waals surface area (Å²) in [5, 5.41) is 8.78. The fourth-order valence-electron chi connectivity index (χ4n) is 3.18. The molecule has 0 bridgehead atoms. The molecule has 4 rings (SSSR count). The normalized spacial score (nSPS) is 12.9. The molecule has 31 heavy (non-hydrogen) atoms. The first-order valence-corrected chi connectivity index (χ1v) is 9.80. The number of hydrogen-bond donors (Lipinski definition) is 3. The van der Waals surface area contributed by atoms with Crippen LogP contribution in [-0.2, 0) is 11.3 Å². The summed E-state index contributed by atoms with van der Waals surface area (Å²) < 4.78 is 0. The summed E-state index contributed by atoms with van der Waals surface area (Å²) in [6, 6.07) is 16.7. The standard InChI is InChI=1S/C22H23N7O2/c1-28-14-19(30)29(2)18-13-23-21(27-20(18)28)25-16-8-10-17(11-9-16)26-22(31)24-12-15-6-4-3-5-7-15/h3-11,13H,12,14H2,1-2H3,(H,23,25,27)(H2,24,26,31). The van der Waals surface area contributed by atoms with Crippen LogP contribution in [0.3, 0.4) is 0 Å². The van der Waals surface area contributed by atoms with Crippen molar-refractivity contribution in [1.29, 1.82) is 0 Å². The van der Waals surface area contributed by atoms with Crippen LogP contribution in [-0.4, -0.2) is 42.5 Å². The van der Waals surface area contributed by atoms with Gasteiger partial charge in [-0.25, -0.2) is 9.78 Å². The van der Waals surface area contributed by atoms with Gasteiger partial charge in [-0.15, -0.1) is 0 Å². The molecule has 3 amide bonds. The molecule has 3 aromatic rings. The van der Waals surface area contributed by atoms with Gasteiger partial charge in [-0.2, -0.15) is 4.98 Å². The number of carbonyl (C=O) groups is 2. The molecule has 0 unspecified atom stereocenters. The van der Waals surface area contributed by atoms with Crippen molar-refractivity contribution in [3.63, 3.8) is 0 Å². The molecule has 0 atom stereocenters. The summed E-state index contributed by atoms with van der Waals surface area (Å²) in [6.45, 7) is 0.726. The van der Waals surface area contributed by atoms with E-state index in [4.69, 9.17) is 0 Å². The van der Waals surface area contributed by atoms with E-state index in [1.165, 1.54) is 0 Å². The second-order valence-corrected chi connectivity index (χ2v) is 7.21. The first kappa shape index (κ1) is 20.1. The number of aromatic nitrogens is 2. The Balaban J connectivity index is 1.36. The smallest absolute Gasteiger partial charge is 0.319 e. The first-order chi connectivity index (χ1) is 15.0. The largest absolute Gasteiger partial charge is 0.348 e. The fourth-order valence-corrected chi connectivity index (χ4v) is 3.18. The highest BCUT2D eigenvalue weighted by Crippen LogP contribution is 2.30. The maximum Gasteiger partial charge on any atom is 0.319 e. The molecule has 1 aliphatic rings. The quantitative estimate of drug-likeness (QED) is 0.590. The monoisotopic (exact) mass is 417 g/mol. The molecule has 1 aromatic heterocycles. The molecule has 0 radical (unpaired) electrons. The van der Waals surface area contributed by atoms with Gasteiger partial charge >= 0.3 is 6.03 Å². The first-order valence-electron chi connectivity index (χ1n) is 9.80. The zero-order valence-corrected chi connectivity index (χ0v) is 17.3. The predicted molar refractivity (Wildman–Crippen MR) is 121 cm³/mol. The van der Waals surface area contributed by atoms with Crippen molar-refractivity contribution in [2.24, 2.45) is 0 Å². The predicted octanol–water partition coefficient (Wildman–Crippen LogP) is 2.95. The van der Waals surface area contributed by atoms with E-state index in [0.29, 0.717) is 29.7 Å². The number of urea groups is 1. The number of anilines is 5. The Morgan fingerprint density at radius 3 is 2.48 bits per heavy atom. The van der Waals surface area contributed by atoms with E-state index in [9.17, 15) is 9.59 Å². The highest BCUT2D eigenvalue weighted by molar-refractivity contribution is 6.01. The summed E-state index contributed by atoms with van der Waals surface area (Å²) >= 11 is 0. The number of rotatable bonds is 5. The van der Waals surface area contributed by atoms with Gasteiger partial charge in [-0.1, -0.05) is 30.3 Å². The maximum atomic E-state index is 12.1. The number of benzene rings is 2. The Morgan fingerprint density at radius 1 is 1.03 bits per heavy atom. The van der Waals surface area contributed by atoms with Crippen molar-refractivity contribution >= 4 is 40.8 Å². The van der Waals surface area contributed by atoms with E-state index in [1.807, 2.05) is 49.5 Å². The topological polar surface area (TPSA) is 102 Å². The van der Waals surface area contributed by atoms with Gasteiger partial charge in [0.15, 0.2) is 5.82 Å². The summed E-state index contributed by atoms with van der Waals surface area (Å²) in [6.07, 6.45) is 1.63. The zero-order valence-electron chi connectivity index (χ0n) is 17.3. The van der Waals surface area contributed by atoms with Crippen LogP contribution in [0.25, 0.3) is 0 Å². The molecular weight excluding hydrogens is 394 g/mol. The Kier molecular flexibility index (Phi) is 5.65. The molecule has 0 fully saturated rings. The molecular formula is C22H23N7O2. The van der Waals surface area contributed by atoms with Crippen molar-refractivity contribution in [3.05, 3.63) is 66.4 Å². The molecule has 3 N–H and O–H groups in total. The fraction of sp³-hybridized carbons (Fsp3) is 0.182. The number of nitrogens with one attached hydrogen (secondary N) is 3. The second kappa shape index (κ2) is 8.70. The molecule has 158 valence electrons. The number of likely N-dealkylation sites (N-methyl/N-ethyl adjacent to an activating group) is 2. The molecule has 9 heteroatoms. The van der Waals surface area contributed by atoms with E-state index in [0.717, 1.165) is 11.3 Å². The van der Waals surface area contributed by atoms with Gasteiger partial charge in [-0.05, 0) is 29.8 Å². The second-order valence-electron chi connectivity index (χ2n) is 7.21. The lowest BCUT2D eigenvalue weighted by Gasteiger charge is -2.31. The van der Waals surface area contributed by atoms with Crippen LogP contribution in [0.2, 0.25) is 0 Å². The molecule has 0 aliphatic carbocycles. The van der Waals surface area contributed by atoms with Crippen LogP contribution in [0.15, 0.2) is 60.8 Å². The number of hydrogen-bond acceptors (Lipinski definition) is 6. The average molecular weight is 417 g/mol. The van der Waals surface area contributed by atoms with E-state index in [1.54, 1.807) is 35.2 Å². The molecule has 0 saturated heterocycles. The molecule has 9 nitrogen and oxygen atoms in total. The minimum absolute atomic E-state index is 0.00444. The van der Waals surface area contributed by atoms with Crippen molar-refractivity contribution in [2.75, 3.05) is 41.1 Å². The van der Waals surface area contributed by atoms with E-state index >= 15 is 0 Å². The zero-order chi connectivity index (χ0) is 21.8.